The van der Waals surface area contributed by atoms with Gasteiger partial charge in [-0.3, -0.25) is 14.4 Å². The van der Waals surface area contributed by atoms with Crippen molar-refractivity contribution in [2.75, 3.05) is 6.61 Å². The number of carbonyl (C=O) groups is 3. The van der Waals surface area contributed by atoms with E-state index in [1.54, 1.807) is 6.92 Å². The fraction of sp³-hybridized carbons (Fsp3) is 0.615. The zero-order valence-electron chi connectivity index (χ0n) is 10.3. The van der Waals surface area contributed by atoms with Crippen molar-refractivity contribution < 1.29 is 19.1 Å². The Balaban J connectivity index is 3.02. The van der Waals surface area contributed by atoms with Crippen molar-refractivity contribution in [3.8, 4) is 0 Å². The van der Waals surface area contributed by atoms with Gasteiger partial charge in [0, 0.05) is 6.42 Å². The molecule has 0 aromatic rings. The van der Waals surface area contributed by atoms with Gasteiger partial charge in [0.2, 0.25) is 0 Å². The van der Waals surface area contributed by atoms with Crippen molar-refractivity contribution in [1.29, 1.82) is 0 Å². The highest BCUT2D eigenvalue weighted by Gasteiger charge is 2.45. The molecule has 0 bridgehead atoms. The van der Waals surface area contributed by atoms with E-state index in [-0.39, 0.29) is 18.2 Å². The minimum absolute atomic E-state index is 0.139. The second-order valence-corrected chi connectivity index (χ2v) is 4.27. The fourth-order valence-corrected chi connectivity index (χ4v) is 2.03. The summed E-state index contributed by atoms with van der Waals surface area (Å²) in [6.07, 6.45) is 5.13. The first-order chi connectivity index (χ1) is 8.03. The molecular weight excluding hydrogens is 220 g/mol. The molecule has 0 aromatic heterocycles. The molecule has 0 N–H and O–H groups in total. The Morgan fingerprint density at radius 3 is 2.65 bits per heavy atom. The van der Waals surface area contributed by atoms with Crippen LogP contribution in [0.5, 0.6) is 0 Å². The Labute approximate surface area is 101 Å². The quantitative estimate of drug-likeness (QED) is 0.426. The molecule has 0 heterocycles. The first-order valence-corrected chi connectivity index (χ1v) is 5.93. The van der Waals surface area contributed by atoms with Crippen molar-refractivity contribution >= 4 is 17.5 Å². The highest BCUT2D eigenvalue weighted by atomic mass is 16.5. The number of rotatable bonds is 4. The average Bonchev–Trinajstić information content (AvgIpc) is 2.28. The van der Waals surface area contributed by atoms with E-state index in [2.05, 4.69) is 0 Å². The number of carbonyl (C=O) groups excluding carboxylic acids is 3. The number of hydrogen-bond acceptors (Lipinski definition) is 4. The summed E-state index contributed by atoms with van der Waals surface area (Å²) in [6.45, 7) is 3.33. The van der Waals surface area contributed by atoms with Crippen LogP contribution in [0.15, 0.2) is 12.2 Å². The summed E-state index contributed by atoms with van der Waals surface area (Å²) in [6, 6.07) is 0. The Morgan fingerprint density at radius 2 is 2.12 bits per heavy atom. The van der Waals surface area contributed by atoms with Crippen LogP contribution in [-0.4, -0.2) is 24.1 Å². The van der Waals surface area contributed by atoms with E-state index in [4.69, 9.17) is 4.74 Å². The normalized spacial score (nSPS) is 24.9. The summed E-state index contributed by atoms with van der Waals surface area (Å²) < 4.78 is 4.97. The lowest BCUT2D eigenvalue weighted by Crippen LogP contribution is -2.41. The summed E-state index contributed by atoms with van der Waals surface area (Å²) >= 11 is 0. The number of ether oxygens (including phenoxy) is 1. The molecule has 4 heteroatoms. The van der Waals surface area contributed by atoms with Crippen LogP contribution >= 0.6 is 0 Å². The third-order valence-electron chi connectivity index (χ3n) is 2.96. The van der Waals surface area contributed by atoms with Gasteiger partial charge in [0.25, 0.3) is 0 Å². The molecule has 0 amide bonds. The van der Waals surface area contributed by atoms with Gasteiger partial charge in [-0.25, -0.2) is 0 Å². The van der Waals surface area contributed by atoms with Crippen molar-refractivity contribution in [2.24, 2.45) is 5.41 Å². The highest BCUT2D eigenvalue weighted by molar-refractivity contribution is 6.07. The third kappa shape index (κ3) is 3.02. The number of allylic oxidation sites excluding steroid dienone is 1. The maximum absolute atomic E-state index is 12.0. The minimum Gasteiger partial charge on any atom is -0.465 e. The predicted octanol–water partition coefficient (Wildman–Crippen LogP) is 1.82. The molecule has 4 nitrogen and oxygen atoms in total. The standard InChI is InChI=1S/C13H18O4/c1-3-17-12(16)13(9-7-10(2)14)8-5-4-6-11(13)15/h7,9H,3-6,8H2,1-2H3/b9-7+. The molecule has 0 radical (unpaired) electrons. The first-order valence-electron chi connectivity index (χ1n) is 5.93. The van der Waals surface area contributed by atoms with E-state index >= 15 is 0 Å². The van der Waals surface area contributed by atoms with Gasteiger partial charge in [-0.15, -0.1) is 0 Å². The van der Waals surface area contributed by atoms with Crippen LogP contribution in [0.4, 0.5) is 0 Å². The van der Waals surface area contributed by atoms with Crippen molar-refractivity contribution in [3.05, 3.63) is 12.2 Å². The van der Waals surface area contributed by atoms with Crippen LogP contribution in [0.1, 0.15) is 39.5 Å². The fourth-order valence-electron chi connectivity index (χ4n) is 2.03. The Morgan fingerprint density at radius 1 is 1.41 bits per heavy atom. The Hall–Kier alpha value is -1.45. The molecule has 0 aliphatic heterocycles. The summed E-state index contributed by atoms with van der Waals surface area (Å²) in [5.41, 5.74) is -1.22. The Kier molecular flexibility index (Phi) is 4.61. The van der Waals surface area contributed by atoms with Crippen molar-refractivity contribution in [2.45, 2.75) is 39.5 Å². The van der Waals surface area contributed by atoms with Crippen LogP contribution in [0.2, 0.25) is 0 Å². The van der Waals surface area contributed by atoms with E-state index < -0.39 is 11.4 Å². The molecule has 1 atom stereocenters. The van der Waals surface area contributed by atoms with Gasteiger partial charge in [0.1, 0.15) is 5.41 Å². The van der Waals surface area contributed by atoms with E-state index in [1.165, 1.54) is 19.1 Å². The molecule has 1 unspecified atom stereocenters. The topological polar surface area (TPSA) is 60.4 Å². The monoisotopic (exact) mass is 238 g/mol. The van der Waals surface area contributed by atoms with Gasteiger partial charge in [0.05, 0.1) is 6.61 Å². The van der Waals surface area contributed by atoms with Crippen LogP contribution in [0, 0.1) is 5.41 Å². The zero-order chi connectivity index (χ0) is 12.9. The van der Waals surface area contributed by atoms with E-state index in [0.717, 1.165) is 12.8 Å². The van der Waals surface area contributed by atoms with Crippen molar-refractivity contribution in [3.63, 3.8) is 0 Å². The average molecular weight is 238 g/mol. The third-order valence-corrected chi connectivity index (χ3v) is 2.96. The number of ketones is 2. The lowest BCUT2D eigenvalue weighted by atomic mass is 9.72. The molecule has 94 valence electrons. The second kappa shape index (κ2) is 5.75. The molecule has 17 heavy (non-hydrogen) atoms. The largest absolute Gasteiger partial charge is 0.465 e. The molecule has 1 rings (SSSR count). The molecule has 1 saturated carbocycles. The van der Waals surface area contributed by atoms with Gasteiger partial charge in [-0.1, -0.05) is 12.5 Å². The maximum Gasteiger partial charge on any atom is 0.323 e. The van der Waals surface area contributed by atoms with Gasteiger partial charge in [0.15, 0.2) is 11.6 Å². The first kappa shape index (κ1) is 13.6. The minimum atomic E-state index is -1.22. The molecular formula is C13H18O4. The summed E-state index contributed by atoms with van der Waals surface area (Å²) in [5.74, 6) is -0.839. The van der Waals surface area contributed by atoms with Gasteiger partial charge in [-0.05, 0) is 32.8 Å². The molecule has 1 aliphatic rings. The van der Waals surface area contributed by atoms with Gasteiger partial charge in [-0.2, -0.15) is 0 Å². The van der Waals surface area contributed by atoms with E-state index in [0.29, 0.717) is 12.8 Å². The van der Waals surface area contributed by atoms with Crippen molar-refractivity contribution in [1.82, 2.24) is 0 Å². The van der Waals surface area contributed by atoms with Crippen LogP contribution in [-0.2, 0) is 19.1 Å². The SMILES string of the molecule is CCOC(=O)C1(/C=C/C(C)=O)CCCCC1=O. The summed E-state index contributed by atoms with van der Waals surface area (Å²) in [5, 5.41) is 0. The number of Topliss-reactive ketones (excluding diaryl/α,β-unsaturated/α-hetero) is 1. The molecule has 0 saturated heterocycles. The molecule has 0 spiro atoms. The van der Waals surface area contributed by atoms with Crippen LogP contribution in [0.3, 0.4) is 0 Å². The lowest BCUT2D eigenvalue weighted by Gasteiger charge is -2.30. The summed E-state index contributed by atoms with van der Waals surface area (Å²) in [4.78, 5) is 34.9. The second-order valence-electron chi connectivity index (χ2n) is 4.27. The summed E-state index contributed by atoms with van der Waals surface area (Å²) in [7, 11) is 0. The maximum atomic E-state index is 12.0. The van der Waals surface area contributed by atoms with Gasteiger partial charge < -0.3 is 4.74 Å². The molecule has 1 aliphatic carbocycles. The zero-order valence-corrected chi connectivity index (χ0v) is 10.3. The predicted molar refractivity (Wildman–Crippen MR) is 62.4 cm³/mol. The van der Waals surface area contributed by atoms with Crippen LogP contribution < -0.4 is 0 Å². The van der Waals surface area contributed by atoms with E-state index in [1.807, 2.05) is 0 Å². The lowest BCUT2D eigenvalue weighted by molar-refractivity contribution is -0.158. The number of esters is 1. The number of hydrogen-bond donors (Lipinski definition) is 0. The molecule has 1 fully saturated rings. The highest BCUT2D eigenvalue weighted by Crippen LogP contribution is 2.36. The Bertz CT molecular complexity index is 356. The van der Waals surface area contributed by atoms with E-state index in [9.17, 15) is 14.4 Å². The smallest absolute Gasteiger partial charge is 0.323 e. The van der Waals surface area contributed by atoms with Gasteiger partial charge >= 0.3 is 5.97 Å². The molecule has 0 aromatic carbocycles. The van der Waals surface area contributed by atoms with Crippen LogP contribution in [0.25, 0.3) is 0 Å².